The second kappa shape index (κ2) is 10.3. The molecule has 0 aromatic heterocycles. The smallest absolute Gasteiger partial charge is 0.258 e. The highest BCUT2D eigenvalue weighted by Crippen LogP contribution is 2.23. The van der Waals surface area contributed by atoms with E-state index in [1.807, 2.05) is 38.1 Å². The Morgan fingerprint density at radius 3 is 2.36 bits per heavy atom. The van der Waals surface area contributed by atoms with Crippen LogP contribution in [0.2, 0.25) is 0 Å². The largest absolute Gasteiger partial charge is 0.483 e. The zero-order valence-corrected chi connectivity index (χ0v) is 16.5. The summed E-state index contributed by atoms with van der Waals surface area (Å²) >= 11 is 0. The van der Waals surface area contributed by atoms with Gasteiger partial charge in [-0.3, -0.25) is 14.4 Å². The lowest BCUT2D eigenvalue weighted by Crippen LogP contribution is -2.28. The highest BCUT2D eigenvalue weighted by Gasteiger charge is 2.13. The highest BCUT2D eigenvalue weighted by atomic mass is 16.5. The molecule has 0 bridgehead atoms. The second-order valence-corrected chi connectivity index (χ2v) is 6.62. The quantitative estimate of drug-likeness (QED) is 0.649. The molecule has 2 amide bonds. The summed E-state index contributed by atoms with van der Waals surface area (Å²) in [6, 6.07) is 12.7. The van der Waals surface area contributed by atoms with E-state index < -0.39 is 0 Å². The van der Waals surface area contributed by atoms with Crippen LogP contribution in [0.3, 0.4) is 0 Å². The maximum atomic E-state index is 12.0. The Morgan fingerprint density at radius 2 is 1.71 bits per heavy atom. The molecule has 0 atom stereocenters. The van der Waals surface area contributed by atoms with Crippen LogP contribution in [0.5, 0.6) is 5.75 Å². The van der Waals surface area contributed by atoms with Gasteiger partial charge in [0.1, 0.15) is 5.75 Å². The fraction of sp³-hybridized carbons (Fsp3) is 0.318. The molecule has 2 rings (SSSR count). The first-order valence-electron chi connectivity index (χ1n) is 9.29. The van der Waals surface area contributed by atoms with Gasteiger partial charge in [0.05, 0.1) is 5.56 Å². The molecule has 0 spiro atoms. The summed E-state index contributed by atoms with van der Waals surface area (Å²) in [7, 11) is 0. The van der Waals surface area contributed by atoms with Gasteiger partial charge in [-0.15, -0.1) is 0 Å². The lowest BCUT2D eigenvalue weighted by molar-refractivity contribution is -0.123. The van der Waals surface area contributed by atoms with Crippen molar-refractivity contribution in [2.75, 3.05) is 11.9 Å². The molecular weight excluding hydrogens is 356 g/mol. The van der Waals surface area contributed by atoms with Crippen molar-refractivity contribution >= 4 is 23.3 Å². The van der Waals surface area contributed by atoms with Crippen LogP contribution in [0, 0.1) is 6.92 Å². The number of carbonyl (C=O) groups is 3. The van der Waals surface area contributed by atoms with Gasteiger partial charge in [0.25, 0.3) is 5.91 Å². The molecule has 6 heteroatoms. The monoisotopic (exact) mass is 382 g/mol. The van der Waals surface area contributed by atoms with Gasteiger partial charge in [-0.25, -0.2) is 0 Å². The van der Waals surface area contributed by atoms with Crippen molar-refractivity contribution in [2.24, 2.45) is 0 Å². The van der Waals surface area contributed by atoms with E-state index in [0.29, 0.717) is 30.0 Å². The highest BCUT2D eigenvalue weighted by molar-refractivity contribution is 5.99. The van der Waals surface area contributed by atoms with Gasteiger partial charge in [-0.2, -0.15) is 0 Å². The van der Waals surface area contributed by atoms with Crippen LogP contribution < -0.4 is 15.4 Å². The van der Waals surface area contributed by atoms with Crippen LogP contribution in [0.15, 0.2) is 42.5 Å². The Hall–Kier alpha value is -3.15. The predicted octanol–water partition coefficient (Wildman–Crippen LogP) is 3.63. The number of ketones is 1. The van der Waals surface area contributed by atoms with Gasteiger partial charge in [-0.1, -0.05) is 36.8 Å². The Kier molecular flexibility index (Phi) is 7.75. The summed E-state index contributed by atoms with van der Waals surface area (Å²) < 4.78 is 5.53. The molecule has 0 aliphatic heterocycles. The topological polar surface area (TPSA) is 84.5 Å². The van der Waals surface area contributed by atoms with Crippen molar-refractivity contribution in [2.45, 2.75) is 40.2 Å². The van der Waals surface area contributed by atoms with Crippen molar-refractivity contribution in [1.82, 2.24) is 5.32 Å². The van der Waals surface area contributed by atoms with E-state index >= 15 is 0 Å². The summed E-state index contributed by atoms with van der Waals surface area (Å²) in [6.45, 7) is 5.54. The molecule has 0 aliphatic carbocycles. The fourth-order valence-electron chi connectivity index (χ4n) is 2.56. The molecule has 2 N–H and O–H groups in total. The first-order valence-corrected chi connectivity index (χ1v) is 9.29. The summed E-state index contributed by atoms with van der Waals surface area (Å²) in [5.41, 5.74) is 3.00. The number of carbonyl (C=O) groups excluding carboxylic acids is 3. The Balaban J connectivity index is 1.94. The molecule has 2 aromatic carbocycles. The van der Waals surface area contributed by atoms with Gasteiger partial charge < -0.3 is 15.4 Å². The van der Waals surface area contributed by atoms with Gasteiger partial charge in [0.15, 0.2) is 12.4 Å². The van der Waals surface area contributed by atoms with E-state index in [2.05, 4.69) is 10.6 Å². The minimum Gasteiger partial charge on any atom is -0.483 e. The third kappa shape index (κ3) is 6.54. The molecule has 0 saturated carbocycles. The van der Waals surface area contributed by atoms with Crippen LogP contribution in [0.25, 0.3) is 0 Å². The molecule has 0 heterocycles. The molecule has 0 fully saturated rings. The number of aryl methyl sites for hydroxylation is 1. The Morgan fingerprint density at radius 1 is 1.00 bits per heavy atom. The van der Waals surface area contributed by atoms with E-state index in [-0.39, 0.29) is 24.2 Å². The lowest BCUT2D eigenvalue weighted by Gasteiger charge is -2.12. The van der Waals surface area contributed by atoms with Crippen LogP contribution in [0.1, 0.15) is 48.2 Å². The molecule has 0 unspecified atom stereocenters. The first-order chi connectivity index (χ1) is 13.4. The number of anilines is 1. The average molecular weight is 382 g/mol. The molecule has 0 saturated heterocycles. The summed E-state index contributed by atoms with van der Waals surface area (Å²) in [4.78, 5) is 35.7. The van der Waals surface area contributed by atoms with E-state index in [1.165, 1.54) is 6.92 Å². The Labute approximate surface area is 165 Å². The van der Waals surface area contributed by atoms with Crippen LogP contribution in [-0.2, 0) is 16.1 Å². The fourth-order valence-corrected chi connectivity index (χ4v) is 2.56. The number of hydrogen-bond acceptors (Lipinski definition) is 4. The SMILES string of the molecule is CCCC(=O)Nc1ccc(OCC(=O)NCc2ccc(C)cc2)c(C(C)=O)c1. The number of ether oxygens (including phenoxy) is 1. The molecular formula is C22H26N2O4. The van der Waals surface area contributed by atoms with Gasteiger partial charge >= 0.3 is 0 Å². The number of benzene rings is 2. The maximum Gasteiger partial charge on any atom is 0.258 e. The third-order valence-corrected chi connectivity index (χ3v) is 4.09. The van der Waals surface area contributed by atoms with Crippen LogP contribution in [0.4, 0.5) is 5.69 Å². The lowest BCUT2D eigenvalue weighted by atomic mass is 10.1. The van der Waals surface area contributed by atoms with Crippen LogP contribution in [-0.4, -0.2) is 24.2 Å². The van der Waals surface area contributed by atoms with Crippen molar-refractivity contribution in [3.8, 4) is 5.75 Å². The van der Waals surface area contributed by atoms with Gasteiger partial charge in [0, 0.05) is 18.7 Å². The van der Waals surface area contributed by atoms with E-state index in [4.69, 9.17) is 4.74 Å². The minimum atomic E-state index is -0.282. The molecule has 0 aliphatic rings. The second-order valence-electron chi connectivity index (χ2n) is 6.62. The maximum absolute atomic E-state index is 12.0. The molecule has 2 aromatic rings. The Bertz CT molecular complexity index is 844. The number of Topliss-reactive ketones (excluding diaryl/α,β-unsaturated/α-hetero) is 1. The molecule has 28 heavy (non-hydrogen) atoms. The average Bonchev–Trinajstić information content (AvgIpc) is 2.66. The predicted molar refractivity (Wildman–Crippen MR) is 109 cm³/mol. The summed E-state index contributed by atoms with van der Waals surface area (Å²) in [6.07, 6.45) is 1.15. The third-order valence-electron chi connectivity index (χ3n) is 4.09. The minimum absolute atomic E-state index is 0.110. The van der Waals surface area contributed by atoms with Crippen molar-refractivity contribution < 1.29 is 19.1 Å². The van der Waals surface area contributed by atoms with Crippen molar-refractivity contribution in [3.05, 3.63) is 59.2 Å². The summed E-state index contributed by atoms with van der Waals surface area (Å²) in [5, 5.41) is 5.53. The standard InChI is InChI=1S/C22H26N2O4/c1-4-5-21(26)24-18-10-11-20(19(12-18)16(3)25)28-14-22(27)23-13-17-8-6-15(2)7-9-17/h6-12H,4-5,13-14H2,1-3H3,(H,23,27)(H,24,26). The van der Waals surface area contributed by atoms with Crippen molar-refractivity contribution in [1.29, 1.82) is 0 Å². The number of amides is 2. The van der Waals surface area contributed by atoms with Crippen LogP contribution >= 0.6 is 0 Å². The zero-order valence-electron chi connectivity index (χ0n) is 16.5. The van der Waals surface area contributed by atoms with Gasteiger partial charge in [-0.05, 0) is 44.0 Å². The van der Waals surface area contributed by atoms with E-state index in [1.54, 1.807) is 18.2 Å². The zero-order chi connectivity index (χ0) is 20.5. The molecule has 148 valence electrons. The number of hydrogen-bond donors (Lipinski definition) is 2. The number of nitrogens with one attached hydrogen (secondary N) is 2. The van der Waals surface area contributed by atoms with E-state index in [9.17, 15) is 14.4 Å². The van der Waals surface area contributed by atoms with Gasteiger partial charge in [0.2, 0.25) is 5.91 Å². The normalized spacial score (nSPS) is 10.2. The first kappa shape index (κ1) is 21.2. The molecule has 0 radical (unpaired) electrons. The molecule has 6 nitrogen and oxygen atoms in total. The van der Waals surface area contributed by atoms with E-state index in [0.717, 1.165) is 17.5 Å². The summed E-state index contributed by atoms with van der Waals surface area (Å²) in [5.74, 6) is -0.287. The number of rotatable bonds is 9. The van der Waals surface area contributed by atoms with Crippen molar-refractivity contribution in [3.63, 3.8) is 0 Å².